The van der Waals surface area contributed by atoms with Crippen LogP contribution in [0.3, 0.4) is 0 Å². The third-order valence-electron chi connectivity index (χ3n) is 5.47. The van der Waals surface area contributed by atoms with Crippen LogP contribution in [0, 0.1) is 17.2 Å². The van der Waals surface area contributed by atoms with Crippen molar-refractivity contribution in [1.29, 1.82) is 5.26 Å². The van der Waals surface area contributed by atoms with E-state index in [2.05, 4.69) is 38.1 Å². The van der Waals surface area contributed by atoms with Crippen LogP contribution in [0.25, 0.3) is 0 Å². The molecular weight excluding hydrogens is 306 g/mol. The molecule has 0 saturated heterocycles. The summed E-state index contributed by atoms with van der Waals surface area (Å²) in [6.45, 7) is 4.40. The molecule has 1 aromatic carbocycles. The predicted octanol–water partition coefficient (Wildman–Crippen LogP) is 6.72. The summed E-state index contributed by atoms with van der Waals surface area (Å²) >= 11 is 0. The van der Waals surface area contributed by atoms with Crippen LogP contribution < -0.4 is 0 Å². The molecule has 1 saturated carbocycles. The van der Waals surface area contributed by atoms with E-state index in [-0.39, 0.29) is 0 Å². The Hall–Kier alpha value is -1.75. The van der Waals surface area contributed by atoms with Crippen LogP contribution in [0.2, 0.25) is 0 Å². The molecule has 1 aliphatic rings. The quantitative estimate of drug-likeness (QED) is 0.369. The molecule has 2 nitrogen and oxygen atoms in total. The summed E-state index contributed by atoms with van der Waals surface area (Å²) < 4.78 is 5.78. The maximum atomic E-state index is 8.91. The van der Waals surface area contributed by atoms with Gasteiger partial charge in [0.2, 0.25) is 0 Å². The maximum absolute atomic E-state index is 8.91. The zero-order valence-electron chi connectivity index (χ0n) is 15.9. The largest absolute Gasteiger partial charge is 0.499 e. The van der Waals surface area contributed by atoms with Crippen LogP contribution in [-0.2, 0) is 4.74 Å². The molecule has 136 valence electrons. The molecule has 25 heavy (non-hydrogen) atoms. The van der Waals surface area contributed by atoms with Gasteiger partial charge in [0.25, 0.3) is 0 Å². The van der Waals surface area contributed by atoms with Crippen LogP contribution in [0.5, 0.6) is 0 Å². The van der Waals surface area contributed by atoms with Crippen molar-refractivity contribution in [3.05, 3.63) is 47.7 Å². The highest BCUT2D eigenvalue weighted by Gasteiger charge is 2.22. The fourth-order valence-electron chi connectivity index (χ4n) is 3.73. The number of nitrogens with zero attached hydrogens (tertiary/aromatic N) is 1. The second-order valence-electron chi connectivity index (χ2n) is 7.49. The molecule has 0 radical (unpaired) electrons. The van der Waals surface area contributed by atoms with Crippen molar-refractivity contribution in [2.45, 2.75) is 83.7 Å². The molecule has 1 fully saturated rings. The molecule has 0 N–H and O–H groups in total. The first kappa shape index (κ1) is 19.6. The lowest BCUT2D eigenvalue weighted by atomic mass is 9.77. The summed E-state index contributed by atoms with van der Waals surface area (Å²) in [5.74, 6) is 1.53. The third kappa shape index (κ3) is 6.94. The maximum Gasteiger partial charge on any atom is 0.0991 e. The fraction of sp³-hybridized carbons (Fsp3) is 0.609. The first-order valence-electron chi connectivity index (χ1n) is 10.0. The molecule has 0 heterocycles. The summed E-state index contributed by atoms with van der Waals surface area (Å²) in [5.41, 5.74) is 2.17. The van der Waals surface area contributed by atoms with Gasteiger partial charge in [-0.25, -0.2) is 0 Å². The van der Waals surface area contributed by atoms with Crippen molar-refractivity contribution in [3.8, 4) is 6.07 Å². The van der Waals surface area contributed by atoms with Crippen molar-refractivity contribution in [2.24, 2.45) is 5.92 Å². The van der Waals surface area contributed by atoms with Gasteiger partial charge in [0.1, 0.15) is 0 Å². The van der Waals surface area contributed by atoms with Crippen LogP contribution in [-0.4, -0.2) is 6.10 Å². The molecule has 0 aromatic heterocycles. The van der Waals surface area contributed by atoms with E-state index in [0.29, 0.717) is 12.0 Å². The van der Waals surface area contributed by atoms with Crippen molar-refractivity contribution in [2.75, 3.05) is 0 Å². The molecule has 0 spiro atoms. The zero-order valence-corrected chi connectivity index (χ0v) is 15.9. The van der Waals surface area contributed by atoms with E-state index in [0.717, 1.165) is 24.3 Å². The van der Waals surface area contributed by atoms with E-state index in [1.807, 2.05) is 18.4 Å². The molecule has 2 rings (SSSR count). The number of benzene rings is 1. The second kappa shape index (κ2) is 11.0. The number of hydrogen-bond acceptors (Lipinski definition) is 2. The number of unbranched alkanes of at least 4 members (excludes halogenated alkanes) is 2. The summed E-state index contributed by atoms with van der Waals surface area (Å²) in [6.07, 6.45) is 15.6. The third-order valence-corrected chi connectivity index (χ3v) is 5.47. The molecule has 1 aromatic rings. The van der Waals surface area contributed by atoms with Gasteiger partial charge in [-0.2, -0.15) is 5.26 Å². The van der Waals surface area contributed by atoms with Gasteiger partial charge in [0, 0.05) is 0 Å². The number of nitriles is 1. The number of allylic oxidation sites excluding steroid dienone is 1. The Balaban J connectivity index is 1.64. The molecule has 1 atom stereocenters. The lowest BCUT2D eigenvalue weighted by Gasteiger charge is -2.29. The van der Waals surface area contributed by atoms with Gasteiger partial charge in [0.15, 0.2) is 0 Å². The van der Waals surface area contributed by atoms with E-state index in [1.165, 1.54) is 50.5 Å². The lowest BCUT2D eigenvalue weighted by molar-refractivity contribution is 0.138. The smallest absolute Gasteiger partial charge is 0.0991 e. The van der Waals surface area contributed by atoms with Crippen LogP contribution in [0.4, 0.5) is 0 Å². The Morgan fingerprint density at radius 1 is 1.20 bits per heavy atom. The van der Waals surface area contributed by atoms with E-state index in [4.69, 9.17) is 10.00 Å². The van der Waals surface area contributed by atoms with E-state index >= 15 is 0 Å². The Labute approximate surface area is 153 Å². The van der Waals surface area contributed by atoms with Crippen LogP contribution in [0.15, 0.2) is 36.6 Å². The minimum absolute atomic E-state index is 0.328. The summed E-state index contributed by atoms with van der Waals surface area (Å²) in [4.78, 5) is 0. The van der Waals surface area contributed by atoms with Crippen molar-refractivity contribution >= 4 is 0 Å². The Morgan fingerprint density at radius 3 is 2.56 bits per heavy atom. The second-order valence-corrected chi connectivity index (χ2v) is 7.49. The van der Waals surface area contributed by atoms with E-state index in [1.54, 1.807) is 0 Å². The highest BCUT2D eigenvalue weighted by molar-refractivity contribution is 5.33. The van der Waals surface area contributed by atoms with Gasteiger partial charge < -0.3 is 4.74 Å². The molecule has 1 unspecified atom stereocenters. The number of hydrogen-bond donors (Lipinski definition) is 0. The fourth-order valence-corrected chi connectivity index (χ4v) is 3.73. The van der Waals surface area contributed by atoms with Gasteiger partial charge in [0.05, 0.1) is 24.0 Å². The Morgan fingerprint density at radius 2 is 1.92 bits per heavy atom. The summed E-state index contributed by atoms with van der Waals surface area (Å²) in [7, 11) is 0. The first-order chi connectivity index (χ1) is 12.2. The number of rotatable bonds is 9. The lowest BCUT2D eigenvalue weighted by Crippen LogP contribution is -2.15. The minimum Gasteiger partial charge on any atom is -0.499 e. The van der Waals surface area contributed by atoms with Gasteiger partial charge in [-0.15, -0.1) is 0 Å². The van der Waals surface area contributed by atoms with Crippen LogP contribution in [0.1, 0.15) is 88.7 Å². The SMILES string of the molecule is CCCCC=COC(C)CCC1CCC(c2ccc(C#N)cc2)CC1. The minimum atomic E-state index is 0.328. The summed E-state index contributed by atoms with van der Waals surface area (Å²) in [5, 5.41) is 8.91. The topological polar surface area (TPSA) is 33.0 Å². The van der Waals surface area contributed by atoms with Gasteiger partial charge in [-0.1, -0.05) is 25.5 Å². The van der Waals surface area contributed by atoms with E-state index in [9.17, 15) is 0 Å². The van der Waals surface area contributed by atoms with Gasteiger partial charge in [-0.3, -0.25) is 0 Å². The summed E-state index contributed by atoms with van der Waals surface area (Å²) in [6, 6.07) is 10.4. The monoisotopic (exact) mass is 339 g/mol. The number of ether oxygens (including phenoxy) is 1. The molecule has 0 bridgehead atoms. The van der Waals surface area contributed by atoms with Crippen molar-refractivity contribution in [1.82, 2.24) is 0 Å². The van der Waals surface area contributed by atoms with Gasteiger partial charge >= 0.3 is 0 Å². The Bertz CT molecular complexity index is 546. The molecule has 2 heteroatoms. The molecule has 0 amide bonds. The first-order valence-corrected chi connectivity index (χ1v) is 10.0. The van der Waals surface area contributed by atoms with Gasteiger partial charge in [-0.05, 0) is 93.9 Å². The predicted molar refractivity (Wildman–Crippen MR) is 104 cm³/mol. The Kier molecular flexibility index (Phi) is 8.60. The molecular formula is C23H33NO. The van der Waals surface area contributed by atoms with Crippen molar-refractivity contribution in [3.63, 3.8) is 0 Å². The zero-order chi connectivity index (χ0) is 17.9. The van der Waals surface area contributed by atoms with E-state index < -0.39 is 0 Å². The highest BCUT2D eigenvalue weighted by atomic mass is 16.5. The normalized spacial score (nSPS) is 21.8. The molecule has 1 aliphatic carbocycles. The van der Waals surface area contributed by atoms with Crippen LogP contribution >= 0.6 is 0 Å². The van der Waals surface area contributed by atoms with Crippen molar-refractivity contribution < 1.29 is 4.74 Å². The highest BCUT2D eigenvalue weighted by Crippen LogP contribution is 2.37. The average Bonchev–Trinajstić information content (AvgIpc) is 2.67. The standard InChI is InChI=1S/C23H33NO/c1-3-4-5-6-17-25-19(2)7-8-20-9-13-22(14-10-20)23-15-11-21(18-24)12-16-23/h6,11-12,15-17,19-20,22H,3-5,7-10,13-14H2,1-2H3. The average molecular weight is 340 g/mol. The molecule has 0 aliphatic heterocycles.